The largest absolute Gasteiger partial charge is 0.372 e. The van der Waals surface area contributed by atoms with Gasteiger partial charge in [0.2, 0.25) is 0 Å². The van der Waals surface area contributed by atoms with Crippen molar-refractivity contribution < 1.29 is 0 Å². The lowest BCUT2D eigenvalue weighted by Crippen LogP contribution is -2.42. The molecule has 0 radical (unpaired) electrons. The van der Waals surface area contributed by atoms with E-state index in [1.54, 1.807) is 4.57 Å². The summed E-state index contributed by atoms with van der Waals surface area (Å²) in [5.74, 6) is 0. The fourth-order valence-electron chi connectivity index (χ4n) is 3.44. The van der Waals surface area contributed by atoms with Crippen LogP contribution in [-0.2, 0) is 6.67 Å². The van der Waals surface area contributed by atoms with Gasteiger partial charge in [0, 0.05) is 24.5 Å². The molecule has 0 N–H and O–H groups in total. The molecule has 0 spiro atoms. The Morgan fingerprint density at radius 2 is 1.79 bits per heavy atom. The molecule has 0 saturated heterocycles. The van der Waals surface area contributed by atoms with Crippen LogP contribution in [0.4, 0.5) is 11.4 Å². The fraction of sp³-hybridized carbons (Fsp3) is 0.273. The van der Waals surface area contributed by atoms with Crippen LogP contribution in [0.3, 0.4) is 0 Å². The first-order chi connectivity index (χ1) is 13.7. The number of benzene rings is 2. The Hall–Kier alpha value is -2.86. The molecule has 0 saturated carbocycles. The Bertz CT molecular complexity index is 1110. The van der Waals surface area contributed by atoms with Gasteiger partial charge in [-0.05, 0) is 49.8 Å². The van der Waals surface area contributed by atoms with E-state index in [0.717, 1.165) is 33.7 Å². The number of fused-ring (bicyclic) bond motifs is 1. The van der Waals surface area contributed by atoms with Crippen LogP contribution in [0.2, 0.25) is 0 Å². The van der Waals surface area contributed by atoms with Gasteiger partial charge in [-0.15, -0.1) is 0 Å². The Labute approximate surface area is 168 Å². The SMILES string of the molecule is CCN(CC)c1ccc(/C=c2/sc3n(c2=O)CN(c2ccccc2)CN=3)cc1. The monoisotopic (exact) mass is 392 g/mol. The number of rotatable bonds is 5. The second kappa shape index (κ2) is 8.02. The molecule has 0 bridgehead atoms. The van der Waals surface area contributed by atoms with Crippen LogP contribution in [0.1, 0.15) is 19.4 Å². The Balaban J connectivity index is 1.63. The molecule has 0 atom stereocenters. The van der Waals surface area contributed by atoms with Crippen LogP contribution in [0.15, 0.2) is 64.4 Å². The predicted molar refractivity (Wildman–Crippen MR) is 117 cm³/mol. The molecule has 0 aliphatic carbocycles. The Kier molecular flexibility index (Phi) is 5.30. The molecule has 4 rings (SSSR count). The van der Waals surface area contributed by atoms with Crippen LogP contribution in [0.5, 0.6) is 0 Å². The van der Waals surface area contributed by atoms with Crippen LogP contribution >= 0.6 is 11.3 Å². The zero-order valence-electron chi connectivity index (χ0n) is 16.2. The van der Waals surface area contributed by atoms with Crippen molar-refractivity contribution in [2.24, 2.45) is 4.99 Å². The molecule has 0 amide bonds. The van der Waals surface area contributed by atoms with Gasteiger partial charge in [-0.2, -0.15) is 0 Å². The van der Waals surface area contributed by atoms with E-state index in [-0.39, 0.29) is 5.56 Å². The summed E-state index contributed by atoms with van der Waals surface area (Å²) < 4.78 is 2.49. The second-order valence-corrected chi connectivity index (χ2v) is 7.72. The van der Waals surface area contributed by atoms with E-state index >= 15 is 0 Å². The summed E-state index contributed by atoms with van der Waals surface area (Å²) >= 11 is 1.46. The van der Waals surface area contributed by atoms with Gasteiger partial charge >= 0.3 is 0 Å². The first-order valence-corrected chi connectivity index (χ1v) is 10.4. The third-order valence-electron chi connectivity index (χ3n) is 5.02. The number of aromatic nitrogens is 1. The highest BCUT2D eigenvalue weighted by molar-refractivity contribution is 7.07. The summed E-state index contributed by atoms with van der Waals surface area (Å²) in [5.41, 5.74) is 3.34. The molecule has 144 valence electrons. The lowest BCUT2D eigenvalue weighted by atomic mass is 10.2. The molecule has 2 aromatic carbocycles. The van der Waals surface area contributed by atoms with Crippen molar-refractivity contribution >= 4 is 28.8 Å². The molecule has 6 heteroatoms. The minimum atomic E-state index is 0.0252. The van der Waals surface area contributed by atoms with E-state index in [9.17, 15) is 4.79 Å². The van der Waals surface area contributed by atoms with Gasteiger partial charge in [-0.25, -0.2) is 4.99 Å². The number of para-hydroxylation sites is 1. The van der Waals surface area contributed by atoms with E-state index in [0.29, 0.717) is 13.3 Å². The molecule has 0 fully saturated rings. The van der Waals surface area contributed by atoms with E-state index in [1.807, 2.05) is 36.4 Å². The molecule has 0 unspecified atom stereocenters. The van der Waals surface area contributed by atoms with Crippen LogP contribution in [-0.4, -0.2) is 24.3 Å². The minimum absolute atomic E-state index is 0.0252. The van der Waals surface area contributed by atoms with Gasteiger partial charge in [-0.3, -0.25) is 9.36 Å². The maximum atomic E-state index is 12.9. The van der Waals surface area contributed by atoms with Crippen LogP contribution in [0, 0.1) is 0 Å². The van der Waals surface area contributed by atoms with Crippen LogP contribution in [0.25, 0.3) is 6.08 Å². The van der Waals surface area contributed by atoms with Crippen molar-refractivity contribution in [1.29, 1.82) is 0 Å². The number of hydrogen-bond donors (Lipinski definition) is 0. The van der Waals surface area contributed by atoms with Gasteiger partial charge < -0.3 is 9.80 Å². The van der Waals surface area contributed by atoms with Gasteiger partial charge in [-0.1, -0.05) is 41.7 Å². The van der Waals surface area contributed by atoms with E-state index < -0.39 is 0 Å². The topological polar surface area (TPSA) is 40.8 Å². The first-order valence-electron chi connectivity index (χ1n) is 9.60. The number of nitrogens with zero attached hydrogens (tertiary/aromatic N) is 4. The molecule has 5 nitrogen and oxygen atoms in total. The summed E-state index contributed by atoms with van der Waals surface area (Å²) in [4.78, 5) is 22.7. The highest BCUT2D eigenvalue weighted by Crippen LogP contribution is 2.16. The molecule has 1 aliphatic rings. The third-order valence-corrected chi connectivity index (χ3v) is 6.06. The standard InChI is InChI=1S/C22H24N4OS/c1-3-24(4-2)19-12-10-17(11-13-19)14-20-21(27)26-16-25(15-23-22(26)28-20)18-8-6-5-7-9-18/h5-14H,3-4,15-16H2,1-2H3/b20-14+. The van der Waals surface area contributed by atoms with Crippen molar-refractivity contribution in [3.05, 3.63) is 79.8 Å². The number of anilines is 2. The van der Waals surface area contributed by atoms with Crippen molar-refractivity contribution in [2.75, 3.05) is 29.6 Å². The third kappa shape index (κ3) is 3.60. The highest BCUT2D eigenvalue weighted by atomic mass is 32.1. The smallest absolute Gasteiger partial charge is 0.271 e. The molecular formula is C22H24N4OS. The van der Waals surface area contributed by atoms with Crippen molar-refractivity contribution in [3.8, 4) is 0 Å². The number of thiazole rings is 1. The first kappa shape index (κ1) is 18.5. The quantitative estimate of drug-likeness (QED) is 0.670. The average Bonchev–Trinajstić information content (AvgIpc) is 3.05. The molecule has 28 heavy (non-hydrogen) atoms. The molecule has 1 aromatic heterocycles. The second-order valence-electron chi connectivity index (χ2n) is 6.71. The summed E-state index contributed by atoms with van der Waals surface area (Å²) in [7, 11) is 0. The van der Waals surface area contributed by atoms with Crippen molar-refractivity contribution in [1.82, 2.24) is 4.57 Å². The summed E-state index contributed by atoms with van der Waals surface area (Å²) in [6.07, 6.45) is 1.96. The molecule has 2 heterocycles. The maximum Gasteiger partial charge on any atom is 0.271 e. The summed E-state index contributed by atoms with van der Waals surface area (Å²) in [6, 6.07) is 18.5. The summed E-state index contributed by atoms with van der Waals surface area (Å²) in [5, 5.41) is 0. The fourth-order valence-corrected chi connectivity index (χ4v) is 4.40. The molecular weight excluding hydrogens is 368 g/mol. The van der Waals surface area contributed by atoms with Crippen molar-refractivity contribution in [3.63, 3.8) is 0 Å². The van der Waals surface area contributed by atoms with E-state index in [2.05, 4.69) is 52.9 Å². The maximum absolute atomic E-state index is 12.9. The predicted octanol–water partition coefficient (Wildman–Crippen LogP) is 2.64. The van der Waals surface area contributed by atoms with Gasteiger partial charge in [0.1, 0.15) is 13.3 Å². The van der Waals surface area contributed by atoms with Crippen LogP contribution < -0.4 is 24.7 Å². The Morgan fingerprint density at radius 3 is 2.46 bits per heavy atom. The van der Waals surface area contributed by atoms with E-state index in [1.165, 1.54) is 17.0 Å². The number of hydrogen-bond acceptors (Lipinski definition) is 5. The zero-order valence-corrected chi connectivity index (χ0v) is 17.0. The summed E-state index contributed by atoms with van der Waals surface area (Å²) in [6.45, 7) is 7.39. The lowest BCUT2D eigenvalue weighted by Gasteiger charge is -2.25. The van der Waals surface area contributed by atoms with Gasteiger partial charge in [0.15, 0.2) is 4.80 Å². The molecule has 3 aromatic rings. The zero-order chi connectivity index (χ0) is 19.5. The van der Waals surface area contributed by atoms with Gasteiger partial charge in [0.25, 0.3) is 5.56 Å². The highest BCUT2D eigenvalue weighted by Gasteiger charge is 2.15. The molecule has 1 aliphatic heterocycles. The average molecular weight is 393 g/mol. The van der Waals surface area contributed by atoms with Gasteiger partial charge in [0.05, 0.1) is 4.53 Å². The van der Waals surface area contributed by atoms with Crippen molar-refractivity contribution in [2.45, 2.75) is 20.5 Å². The Morgan fingerprint density at radius 1 is 1.07 bits per heavy atom. The lowest BCUT2D eigenvalue weighted by molar-refractivity contribution is 0.569. The normalized spacial score (nSPS) is 13.9. The van der Waals surface area contributed by atoms with E-state index in [4.69, 9.17) is 0 Å². The minimum Gasteiger partial charge on any atom is -0.372 e.